The molecule has 2 unspecified atom stereocenters. The van der Waals surface area contributed by atoms with Crippen molar-refractivity contribution in [1.29, 1.82) is 0 Å². The van der Waals surface area contributed by atoms with Crippen LogP contribution in [-0.4, -0.2) is 64.0 Å². The Labute approximate surface area is 180 Å². The summed E-state index contributed by atoms with van der Waals surface area (Å²) in [5.41, 5.74) is 4.13. The van der Waals surface area contributed by atoms with Gasteiger partial charge in [0, 0.05) is 38.5 Å². The van der Waals surface area contributed by atoms with E-state index in [-0.39, 0.29) is 12.1 Å². The molecule has 7 heteroatoms. The molecule has 164 valence electrons. The molecule has 1 aromatic heterocycles. The van der Waals surface area contributed by atoms with E-state index in [2.05, 4.69) is 71.2 Å². The monoisotopic (exact) mass is 412 g/mol. The average molecular weight is 413 g/mol. The SMILES string of the molecule is Cc1cccc(N2CCN(C(CC(C)C)c3nnnn3CC3CCCO3)CC2)c1C. The van der Waals surface area contributed by atoms with Crippen molar-refractivity contribution < 1.29 is 4.74 Å². The van der Waals surface area contributed by atoms with Crippen LogP contribution in [0.15, 0.2) is 18.2 Å². The van der Waals surface area contributed by atoms with Crippen LogP contribution in [0.2, 0.25) is 0 Å². The van der Waals surface area contributed by atoms with Gasteiger partial charge in [0.1, 0.15) is 0 Å². The summed E-state index contributed by atoms with van der Waals surface area (Å²) in [7, 11) is 0. The Bertz CT molecular complexity index is 821. The maximum absolute atomic E-state index is 5.83. The Morgan fingerprint density at radius 3 is 2.63 bits per heavy atom. The molecule has 0 aliphatic carbocycles. The van der Waals surface area contributed by atoms with Gasteiger partial charge in [-0.1, -0.05) is 26.0 Å². The van der Waals surface area contributed by atoms with Gasteiger partial charge in [0.2, 0.25) is 0 Å². The highest BCUT2D eigenvalue weighted by molar-refractivity contribution is 5.56. The molecule has 2 fully saturated rings. The lowest BCUT2D eigenvalue weighted by Crippen LogP contribution is -2.48. The molecule has 4 rings (SSSR count). The van der Waals surface area contributed by atoms with Gasteiger partial charge in [0.25, 0.3) is 0 Å². The van der Waals surface area contributed by atoms with E-state index in [0.717, 1.165) is 64.4 Å². The minimum absolute atomic E-state index is 0.244. The molecule has 2 saturated heterocycles. The van der Waals surface area contributed by atoms with E-state index >= 15 is 0 Å². The van der Waals surface area contributed by atoms with E-state index < -0.39 is 0 Å². The van der Waals surface area contributed by atoms with Crippen LogP contribution in [0.1, 0.15) is 56.1 Å². The summed E-state index contributed by atoms with van der Waals surface area (Å²) in [6.07, 6.45) is 3.55. The van der Waals surface area contributed by atoms with Crippen molar-refractivity contribution in [3.8, 4) is 0 Å². The lowest BCUT2D eigenvalue weighted by molar-refractivity contribution is 0.0885. The van der Waals surface area contributed by atoms with Gasteiger partial charge >= 0.3 is 0 Å². The van der Waals surface area contributed by atoms with Gasteiger partial charge < -0.3 is 9.64 Å². The van der Waals surface area contributed by atoms with Gasteiger partial charge in [-0.15, -0.1) is 5.10 Å². The second-order valence-corrected chi connectivity index (χ2v) is 9.24. The van der Waals surface area contributed by atoms with E-state index in [1.165, 1.54) is 16.8 Å². The van der Waals surface area contributed by atoms with E-state index in [4.69, 9.17) is 4.74 Å². The van der Waals surface area contributed by atoms with Crippen LogP contribution < -0.4 is 4.90 Å². The molecule has 0 amide bonds. The van der Waals surface area contributed by atoms with Gasteiger partial charge in [-0.2, -0.15) is 0 Å². The molecular weight excluding hydrogens is 376 g/mol. The molecule has 2 aliphatic heterocycles. The second-order valence-electron chi connectivity index (χ2n) is 9.24. The van der Waals surface area contributed by atoms with Crippen LogP contribution >= 0.6 is 0 Å². The number of tetrazole rings is 1. The first-order chi connectivity index (χ1) is 14.5. The van der Waals surface area contributed by atoms with E-state index in [0.29, 0.717) is 5.92 Å². The maximum atomic E-state index is 5.83. The summed E-state index contributed by atoms with van der Waals surface area (Å²) >= 11 is 0. The first kappa shape index (κ1) is 21.2. The summed E-state index contributed by atoms with van der Waals surface area (Å²) in [5, 5.41) is 12.8. The highest BCUT2D eigenvalue weighted by Crippen LogP contribution is 2.30. The van der Waals surface area contributed by atoms with E-state index in [1.807, 2.05) is 4.68 Å². The third-order valence-electron chi connectivity index (χ3n) is 6.62. The lowest BCUT2D eigenvalue weighted by Gasteiger charge is -2.40. The van der Waals surface area contributed by atoms with E-state index in [9.17, 15) is 0 Å². The van der Waals surface area contributed by atoms with Crippen molar-refractivity contribution in [2.24, 2.45) is 5.92 Å². The zero-order chi connectivity index (χ0) is 21.1. The molecule has 0 bridgehead atoms. The second kappa shape index (κ2) is 9.43. The highest BCUT2D eigenvalue weighted by atomic mass is 16.5. The molecule has 2 aliphatic rings. The number of piperazine rings is 1. The molecule has 2 atom stereocenters. The molecule has 0 spiro atoms. The van der Waals surface area contributed by atoms with Crippen LogP contribution in [0.5, 0.6) is 0 Å². The van der Waals surface area contributed by atoms with Crippen LogP contribution in [-0.2, 0) is 11.3 Å². The first-order valence-electron chi connectivity index (χ1n) is 11.5. The molecule has 0 radical (unpaired) electrons. The number of hydrogen-bond donors (Lipinski definition) is 0. The van der Waals surface area contributed by atoms with Crippen LogP contribution in [0.3, 0.4) is 0 Å². The quantitative estimate of drug-likeness (QED) is 0.695. The van der Waals surface area contributed by atoms with Gasteiger partial charge in [-0.25, -0.2) is 4.68 Å². The molecule has 30 heavy (non-hydrogen) atoms. The number of nitrogens with zero attached hydrogens (tertiary/aromatic N) is 6. The van der Waals surface area contributed by atoms with Crippen molar-refractivity contribution in [2.75, 3.05) is 37.7 Å². The van der Waals surface area contributed by atoms with Gasteiger partial charge in [-0.05, 0) is 66.6 Å². The largest absolute Gasteiger partial charge is 0.376 e. The normalized spacial score (nSPS) is 21.5. The number of aromatic nitrogens is 4. The summed E-state index contributed by atoms with van der Waals surface area (Å²) < 4.78 is 7.83. The van der Waals surface area contributed by atoms with Crippen LogP contribution in [0.25, 0.3) is 0 Å². The van der Waals surface area contributed by atoms with Crippen molar-refractivity contribution in [3.05, 3.63) is 35.2 Å². The molecular formula is C23H36N6O. The van der Waals surface area contributed by atoms with Crippen molar-refractivity contribution >= 4 is 5.69 Å². The Balaban J connectivity index is 1.48. The molecule has 0 saturated carbocycles. The highest BCUT2D eigenvalue weighted by Gasteiger charge is 2.31. The van der Waals surface area contributed by atoms with Gasteiger partial charge in [-0.3, -0.25) is 4.90 Å². The number of ether oxygens (including phenoxy) is 1. The maximum Gasteiger partial charge on any atom is 0.168 e. The number of benzene rings is 1. The van der Waals surface area contributed by atoms with E-state index in [1.54, 1.807) is 0 Å². The summed E-state index contributed by atoms with van der Waals surface area (Å²) in [4.78, 5) is 5.11. The lowest BCUT2D eigenvalue weighted by atomic mass is 10.0. The number of anilines is 1. The topological polar surface area (TPSA) is 59.3 Å². The predicted octanol–water partition coefficient (Wildman–Crippen LogP) is 3.38. The van der Waals surface area contributed by atoms with Crippen molar-refractivity contribution in [3.63, 3.8) is 0 Å². The van der Waals surface area contributed by atoms with Gasteiger partial charge in [0.05, 0.1) is 18.7 Å². The molecule has 1 aromatic carbocycles. The Kier molecular flexibility index (Phi) is 6.68. The zero-order valence-corrected chi connectivity index (χ0v) is 18.9. The smallest absolute Gasteiger partial charge is 0.168 e. The standard InChI is InChI=1S/C23H36N6O/c1-17(2)15-22(23-24-25-26-29(23)16-20-8-6-14-30-20)28-12-10-27(11-13-28)21-9-5-7-18(3)19(21)4/h5,7,9,17,20,22H,6,8,10-16H2,1-4H3. The minimum atomic E-state index is 0.244. The Hall–Kier alpha value is -1.99. The molecule has 0 N–H and O–H groups in total. The summed E-state index contributed by atoms with van der Waals surface area (Å²) in [6.45, 7) is 14.7. The van der Waals surface area contributed by atoms with Gasteiger partial charge in [0.15, 0.2) is 5.82 Å². The molecule has 7 nitrogen and oxygen atoms in total. The summed E-state index contributed by atoms with van der Waals surface area (Å²) in [5.74, 6) is 1.58. The van der Waals surface area contributed by atoms with Crippen molar-refractivity contribution in [1.82, 2.24) is 25.1 Å². The Morgan fingerprint density at radius 2 is 1.93 bits per heavy atom. The fraction of sp³-hybridized carbons (Fsp3) is 0.696. The number of aryl methyl sites for hydroxylation is 1. The summed E-state index contributed by atoms with van der Waals surface area (Å²) in [6, 6.07) is 6.88. The first-order valence-corrected chi connectivity index (χ1v) is 11.5. The minimum Gasteiger partial charge on any atom is -0.376 e. The predicted molar refractivity (Wildman–Crippen MR) is 119 cm³/mol. The molecule has 3 heterocycles. The zero-order valence-electron chi connectivity index (χ0n) is 18.9. The third-order valence-corrected chi connectivity index (χ3v) is 6.62. The van der Waals surface area contributed by atoms with Crippen LogP contribution in [0, 0.1) is 19.8 Å². The Morgan fingerprint density at radius 1 is 1.13 bits per heavy atom. The third kappa shape index (κ3) is 4.67. The number of hydrogen-bond acceptors (Lipinski definition) is 6. The van der Waals surface area contributed by atoms with Crippen LogP contribution in [0.4, 0.5) is 5.69 Å². The fourth-order valence-electron chi connectivity index (χ4n) is 4.78. The van der Waals surface area contributed by atoms with Crippen molar-refractivity contribution in [2.45, 2.75) is 65.6 Å². The fourth-order valence-corrected chi connectivity index (χ4v) is 4.78. The molecule has 2 aromatic rings. The average Bonchev–Trinajstić information content (AvgIpc) is 3.41. The number of rotatable bonds is 7.